The summed E-state index contributed by atoms with van der Waals surface area (Å²) in [5.74, 6) is 2.80. The molecule has 1 rings (SSSR count). The SMILES string of the molecule is C=CCSCCNC(=NC)NCc1ccccc1Cl.I. The van der Waals surface area contributed by atoms with Crippen LogP contribution in [0.4, 0.5) is 0 Å². The molecule has 112 valence electrons. The Kier molecular flexibility index (Phi) is 12.1. The number of guanidine groups is 1. The van der Waals surface area contributed by atoms with Gasteiger partial charge in [0.25, 0.3) is 0 Å². The zero-order chi connectivity index (χ0) is 13.9. The number of hydrogen-bond donors (Lipinski definition) is 2. The van der Waals surface area contributed by atoms with E-state index in [9.17, 15) is 0 Å². The maximum absolute atomic E-state index is 6.10. The van der Waals surface area contributed by atoms with Gasteiger partial charge in [0.1, 0.15) is 0 Å². The molecule has 0 saturated carbocycles. The van der Waals surface area contributed by atoms with Gasteiger partial charge in [-0.1, -0.05) is 35.9 Å². The minimum Gasteiger partial charge on any atom is -0.356 e. The highest BCUT2D eigenvalue weighted by atomic mass is 127. The number of halogens is 2. The molecule has 0 bridgehead atoms. The van der Waals surface area contributed by atoms with E-state index in [4.69, 9.17) is 11.6 Å². The Bertz CT molecular complexity index is 427. The highest BCUT2D eigenvalue weighted by molar-refractivity contribution is 14.0. The minimum absolute atomic E-state index is 0. The van der Waals surface area contributed by atoms with Crippen LogP contribution in [0.15, 0.2) is 41.9 Å². The van der Waals surface area contributed by atoms with Gasteiger partial charge in [0.15, 0.2) is 5.96 Å². The van der Waals surface area contributed by atoms with Crippen molar-refractivity contribution in [2.24, 2.45) is 4.99 Å². The van der Waals surface area contributed by atoms with Gasteiger partial charge < -0.3 is 10.6 Å². The van der Waals surface area contributed by atoms with E-state index in [2.05, 4.69) is 22.2 Å². The molecule has 0 fully saturated rings. The molecule has 1 aromatic rings. The van der Waals surface area contributed by atoms with Gasteiger partial charge in [-0.15, -0.1) is 30.6 Å². The Morgan fingerprint density at radius 3 is 2.80 bits per heavy atom. The van der Waals surface area contributed by atoms with E-state index < -0.39 is 0 Å². The first-order chi connectivity index (χ1) is 9.27. The van der Waals surface area contributed by atoms with Crippen molar-refractivity contribution < 1.29 is 0 Å². The largest absolute Gasteiger partial charge is 0.356 e. The van der Waals surface area contributed by atoms with Crippen molar-refractivity contribution in [3.8, 4) is 0 Å². The zero-order valence-electron chi connectivity index (χ0n) is 11.6. The Morgan fingerprint density at radius 2 is 2.15 bits per heavy atom. The third-order valence-corrected chi connectivity index (χ3v) is 3.74. The second kappa shape index (κ2) is 12.3. The number of benzene rings is 1. The molecule has 20 heavy (non-hydrogen) atoms. The molecular weight excluding hydrogens is 405 g/mol. The van der Waals surface area contributed by atoms with Crippen molar-refractivity contribution in [2.45, 2.75) is 6.54 Å². The lowest BCUT2D eigenvalue weighted by Gasteiger charge is -2.12. The Morgan fingerprint density at radius 1 is 1.40 bits per heavy atom. The molecule has 2 N–H and O–H groups in total. The summed E-state index contributed by atoms with van der Waals surface area (Å²) >= 11 is 7.94. The standard InChI is InChI=1S/C14H20ClN3S.HI/c1-3-9-19-10-8-17-14(16-2)18-11-12-6-4-5-7-13(12)15;/h3-7H,1,8-11H2,2H3,(H2,16,17,18);1H. The van der Waals surface area contributed by atoms with E-state index in [-0.39, 0.29) is 24.0 Å². The van der Waals surface area contributed by atoms with Crippen molar-refractivity contribution in [3.63, 3.8) is 0 Å². The number of rotatable bonds is 7. The summed E-state index contributed by atoms with van der Waals surface area (Å²) in [6.07, 6.45) is 1.91. The topological polar surface area (TPSA) is 36.4 Å². The van der Waals surface area contributed by atoms with Crippen molar-refractivity contribution in [3.05, 3.63) is 47.5 Å². The molecule has 0 aromatic heterocycles. The third kappa shape index (κ3) is 8.01. The first kappa shape index (κ1) is 19.6. The summed E-state index contributed by atoms with van der Waals surface area (Å²) in [4.78, 5) is 4.17. The third-order valence-electron chi connectivity index (χ3n) is 2.40. The van der Waals surface area contributed by atoms with E-state index in [1.165, 1.54) is 0 Å². The second-order valence-corrected chi connectivity index (χ2v) is 5.36. The van der Waals surface area contributed by atoms with Gasteiger partial charge in [0.2, 0.25) is 0 Å². The lowest BCUT2D eigenvalue weighted by molar-refractivity contribution is 0.833. The average Bonchev–Trinajstić information content (AvgIpc) is 2.43. The molecule has 0 aliphatic rings. The zero-order valence-corrected chi connectivity index (χ0v) is 15.5. The van der Waals surface area contributed by atoms with Crippen LogP contribution < -0.4 is 10.6 Å². The lowest BCUT2D eigenvalue weighted by atomic mass is 10.2. The maximum Gasteiger partial charge on any atom is 0.191 e. The highest BCUT2D eigenvalue weighted by Crippen LogP contribution is 2.14. The molecule has 0 saturated heterocycles. The van der Waals surface area contributed by atoms with Crippen LogP contribution >= 0.6 is 47.3 Å². The molecular formula is C14H21ClIN3S. The van der Waals surface area contributed by atoms with Crippen molar-refractivity contribution in [1.82, 2.24) is 10.6 Å². The molecule has 0 aliphatic carbocycles. The van der Waals surface area contributed by atoms with E-state index in [0.717, 1.165) is 34.6 Å². The monoisotopic (exact) mass is 425 g/mol. The number of aliphatic imine (C=N–C) groups is 1. The molecule has 6 heteroatoms. The smallest absolute Gasteiger partial charge is 0.191 e. The van der Waals surface area contributed by atoms with Gasteiger partial charge in [0, 0.05) is 36.7 Å². The van der Waals surface area contributed by atoms with Gasteiger partial charge in [-0.2, -0.15) is 11.8 Å². The van der Waals surface area contributed by atoms with Crippen molar-refractivity contribution >= 4 is 53.3 Å². The average molecular weight is 426 g/mol. The molecule has 0 aliphatic heterocycles. The fourth-order valence-electron chi connectivity index (χ4n) is 1.45. The number of hydrogen-bond acceptors (Lipinski definition) is 2. The van der Waals surface area contributed by atoms with Crippen LogP contribution in [0.3, 0.4) is 0 Å². The molecule has 0 radical (unpaired) electrons. The molecule has 0 heterocycles. The van der Waals surface area contributed by atoms with Crippen molar-refractivity contribution in [2.75, 3.05) is 25.1 Å². The predicted octanol–water partition coefficient (Wildman–Crippen LogP) is 3.54. The summed E-state index contributed by atoms with van der Waals surface area (Å²) < 4.78 is 0. The first-order valence-electron chi connectivity index (χ1n) is 6.14. The minimum atomic E-state index is 0. The van der Waals surface area contributed by atoms with E-state index >= 15 is 0 Å². The summed E-state index contributed by atoms with van der Waals surface area (Å²) in [7, 11) is 1.76. The van der Waals surface area contributed by atoms with Crippen LogP contribution in [-0.4, -0.2) is 31.1 Å². The van der Waals surface area contributed by atoms with Crippen LogP contribution in [0.5, 0.6) is 0 Å². The molecule has 0 spiro atoms. The van der Waals surface area contributed by atoms with Gasteiger partial charge in [-0.05, 0) is 11.6 Å². The van der Waals surface area contributed by atoms with Crippen LogP contribution in [0.2, 0.25) is 5.02 Å². The van der Waals surface area contributed by atoms with Gasteiger partial charge >= 0.3 is 0 Å². The second-order valence-electron chi connectivity index (χ2n) is 3.81. The van der Waals surface area contributed by atoms with E-state index in [0.29, 0.717) is 6.54 Å². The Labute approximate surface area is 147 Å². The highest BCUT2D eigenvalue weighted by Gasteiger charge is 2.00. The number of nitrogens with one attached hydrogen (secondary N) is 2. The van der Waals surface area contributed by atoms with Gasteiger partial charge in [-0.3, -0.25) is 4.99 Å². The summed E-state index contributed by atoms with van der Waals surface area (Å²) in [5.41, 5.74) is 1.06. The lowest BCUT2D eigenvalue weighted by Crippen LogP contribution is -2.38. The van der Waals surface area contributed by atoms with Crippen LogP contribution in [-0.2, 0) is 6.54 Å². The van der Waals surface area contributed by atoms with E-state index in [1.54, 1.807) is 7.05 Å². The molecule has 0 unspecified atom stereocenters. The van der Waals surface area contributed by atoms with Crippen LogP contribution in [0, 0.1) is 0 Å². The van der Waals surface area contributed by atoms with E-state index in [1.807, 2.05) is 42.1 Å². The molecule has 0 atom stereocenters. The fraction of sp³-hybridized carbons (Fsp3) is 0.357. The van der Waals surface area contributed by atoms with Gasteiger partial charge in [-0.25, -0.2) is 0 Å². The Hall–Kier alpha value is -0.400. The first-order valence-corrected chi connectivity index (χ1v) is 7.67. The Balaban J connectivity index is 0.00000361. The normalized spacial score (nSPS) is 10.6. The van der Waals surface area contributed by atoms with Crippen molar-refractivity contribution in [1.29, 1.82) is 0 Å². The van der Waals surface area contributed by atoms with Crippen LogP contribution in [0.25, 0.3) is 0 Å². The quantitative estimate of drug-likeness (QED) is 0.231. The molecule has 1 aromatic carbocycles. The number of thioether (sulfide) groups is 1. The summed E-state index contributed by atoms with van der Waals surface area (Å²) in [5, 5.41) is 7.27. The number of nitrogens with zero attached hydrogens (tertiary/aromatic N) is 1. The summed E-state index contributed by atoms with van der Waals surface area (Å²) in [6.45, 7) is 5.23. The van der Waals surface area contributed by atoms with Gasteiger partial charge in [0.05, 0.1) is 0 Å². The molecule has 0 amide bonds. The fourth-order valence-corrected chi connectivity index (χ4v) is 2.23. The summed E-state index contributed by atoms with van der Waals surface area (Å²) in [6, 6.07) is 7.80. The van der Waals surface area contributed by atoms with Crippen LogP contribution in [0.1, 0.15) is 5.56 Å². The molecule has 3 nitrogen and oxygen atoms in total. The maximum atomic E-state index is 6.10. The predicted molar refractivity (Wildman–Crippen MR) is 103 cm³/mol.